The second kappa shape index (κ2) is 11.1. The Balaban J connectivity index is 1.86. The zero-order chi connectivity index (χ0) is 27.6. The van der Waals surface area contributed by atoms with Crippen molar-refractivity contribution >= 4 is 25.9 Å². The molecule has 2 aromatic rings. The molecule has 0 bridgehead atoms. The van der Waals surface area contributed by atoms with Gasteiger partial charge >= 0.3 is 13.7 Å². The molecule has 37 heavy (non-hydrogen) atoms. The molecule has 0 spiro atoms. The van der Waals surface area contributed by atoms with Gasteiger partial charge in [-0.3, -0.25) is 23.7 Å². The van der Waals surface area contributed by atoms with Crippen LogP contribution in [0.3, 0.4) is 0 Å². The Labute approximate surface area is 216 Å². The van der Waals surface area contributed by atoms with Crippen LogP contribution in [0.15, 0.2) is 47.4 Å². The number of nitrogens with zero attached hydrogens (tertiary/aromatic N) is 1. The Kier molecular flexibility index (Phi) is 8.75. The largest absolute Gasteiger partial charge is 0.462 e. The summed E-state index contributed by atoms with van der Waals surface area (Å²) >= 11 is 5.05. The maximum atomic E-state index is 15.9. The van der Waals surface area contributed by atoms with Gasteiger partial charge in [-0.25, -0.2) is 8.96 Å². The lowest BCUT2D eigenvalue weighted by atomic mass is 9.95. The minimum absolute atomic E-state index is 0.0768. The normalized spacial score (nSPS) is 28.0. The summed E-state index contributed by atoms with van der Waals surface area (Å²) in [7, 11) is -4.50. The average Bonchev–Trinajstić information content (AvgIpc) is 2.98. The van der Waals surface area contributed by atoms with Crippen LogP contribution in [0.5, 0.6) is 5.75 Å². The topological polar surface area (TPSA) is 161 Å². The standard InChI is InChI=1S/C22H29FN3O9PS/c1-13(2)33-17(28)14(3)25-36(31,35-15-8-6-5-7-9-15)32-12-22(23)18(29)21(4,30)19(34-22)26-11-10-16(27)24-20(26)37/h5-11,13-14,18-19,29-30H,12H2,1-4H3,(H,25,31)(H,24,27,37)/t14-,18+,19+,21?,22+,36?/m0/s1. The van der Waals surface area contributed by atoms with E-state index in [4.69, 9.17) is 30.7 Å². The smallest absolute Gasteiger partial charge is 0.459 e. The van der Waals surface area contributed by atoms with Gasteiger partial charge < -0.3 is 24.2 Å². The molecule has 2 unspecified atom stereocenters. The predicted octanol–water partition coefficient (Wildman–Crippen LogP) is 2.35. The van der Waals surface area contributed by atoms with Crippen molar-refractivity contribution in [2.45, 2.75) is 63.6 Å². The molecule has 1 aromatic heterocycles. The van der Waals surface area contributed by atoms with Crippen molar-refractivity contribution in [2.24, 2.45) is 0 Å². The number of esters is 1. The molecule has 12 nitrogen and oxygen atoms in total. The first kappa shape index (κ1) is 29.1. The molecule has 1 aromatic carbocycles. The van der Waals surface area contributed by atoms with Gasteiger partial charge in [-0.2, -0.15) is 5.09 Å². The molecule has 6 atom stereocenters. The number of carbonyl (C=O) groups is 1. The number of ether oxygens (including phenoxy) is 2. The molecule has 3 rings (SSSR count). The van der Waals surface area contributed by atoms with Gasteiger partial charge in [0.2, 0.25) is 0 Å². The quantitative estimate of drug-likeness (QED) is 0.191. The summed E-state index contributed by atoms with van der Waals surface area (Å²) in [5.74, 6) is -3.80. The molecule has 4 N–H and O–H groups in total. The molecular formula is C22H29FN3O9PS. The van der Waals surface area contributed by atoms with Gasteiger partial charge in [0.25, 0.3) is 11.4 Å². The van der Waals surface area contributed by atoms with Crippen LogP contribution in [-0.2, 0) is 23.4 Å². The number of para-hydroxylation sites is 1. The zero-order valence-electron chi connectivity index (χ0n) is 20.5. The maximum Gasteiger partial charge on any atom is 0.459 e. The van der Waals surface area contributed by atoms with Crippen LogP contribution in [-0.4, -0.2) is 62.0 Å². The fraction of sp³-hybridized carbons (Fsp3) is 0.500. The second-order valence-electron chi connectivity index (χ2n) is 8.91. The Morgan fingerprint density at radius 2 is 1.97 bits per heavy atom. The Morgan fingerprint density at radius 3 is 2.57 bits per heavy atom. The number of nitrogens with one attached hydrogen (secondary N) is 2. The summed E-state index contributed by atoms with van der Waals surface area (Å²) in [6.45, 7) is 4.51. The van der Waals surface area contributed by atoms with Crippen LogP contribution in [0.2, 0.25) is 0 Å². The molecule has 0 amide bonds. The van der Waals surface area contributed by atoms with E-state index < -0.39 is 61.8 Å². The van der Waals surface area contributed by atoms with Gasteiger partial charge in [0, 0.05) is 12.3 Å². The van der Waals surface area contributed by atoms with Gasteiger partial charge in [0.05, 0.1) is 6.10 Å². The van der Waals surface area contributed by atoms with Crippen molar-refractivity contribution in [1.29, 1.82) is 0 Å². The van der Waals surface area contributed by atoms with Crippen molar-refractivity contribution in [3.8, 4) is 5.75 Å². The Hall–Kier alpha value is -2.45. The van der Waals surface area contributed by atoms with E-state index in [1.807, 2.05) is 0 Å². The summed E-state index contributed by atoms with van der Waals surface area (Å²) in [6, 6.07) is 7.65. The number of aliphatic hydroxyl groups is 2. The van der Waals surface area contributed by atoms with Crippen LogP contribution in [0.4, 0.5) is 4.39 Å². The van der Waals surface area contributed by atoms with E-state index in [1.165, 1.54) is 19.1 Å². The average molecular weight is 562 g/mol. The molecule has 1 saturated heterocycles. The monoisotopic (exact) mass is 561 g/mol. The van der Waals surface area contributed by atoms with Crippen molar-refractivity contribution in [3.05, 3.63) is 57.7 Å². The number of carbonyl (C=O) groups excluding carboxylic acids is 1. The van der Waals surface area contributed by atoms with Gasteiger partial charge in [-0.05, 0) is 52.0 Å². The molecule has 15 heteroatoms. The fourth-order valence-corrected chi connectivity index (χ4v) is 5.27. The van der Waals surface area contributed by atoms with Crippen molar-refractivity contribution in [1.82, 2.24) is 14.6 Å². The highest BCUT2D eigenvalue weighted by atomic mass is 32.1. The lowest BCUT2D eigenvalue weighted by molar-refractivity contribution is -0.203. The molecular weight excluding hydrogens is 532 g/mol. The number of halogens is 1. The van der Waals surface area contributed by atoms with E-state index >= 15 is 4.39 Å². The van der Waals surface area contributed by atoms with Crippen LogP contribution in [0.1, 0.15) is 33.9 Å². The third-order valence-corrected chi connectivity index (χ3v) is 7.27. The molecule has 1 aliphatic heterocycles. The van der Waals surface area contributed by atoms with Gasteiger partial charge in [-0.1, -0.05) is 18.2 Å². The Morgan fingerprint density at radius 1 is 1.32 bits per heavy atom. The van der Waals surface area contributed by atoms with E-state index in [-0.39, 0.29) is 10.5 Å². The van der Waals surface area contributed by atoms with Gasteiger partial charge in [0.15, 0.2) is 11.0 Å². The van der Waals surface area contributed by atoms with Gasteiger partial charge in [-0.15, -0.1) is 0 Å². The molecule has 1 fully saturated rings. The molecule has 0 saturated carbocycles. The molecule has 0 aliphatic carbocycles. The first-order chi connectivity index (χ1) is 17.2. The first-order valence-corrected chi connectivity index (χ1v) is 13.2. The number of aliphatic hydroxyl groups excluding tert-OH is 1. The highest BCUT2D eigenvalue weighted by Crippen LogP contribution is 2.50. The highest BCUT2D eigenvalue weighted by Gasteiger charge is 2.63. The SMILES string of the molecule is CC(C)OC(=O)[C@H](C)NP(=O)(OC[C@@]1(F)O[C@@H](n2ccc(=O)[nH]c2=S)C(C)(O)[C@H]1O)Oc1ccccc1. The first-order valence-electron chi connectivity index (χ1n) is 11.2. The third kappa shape index (κ3) is 6.71. The van der Waals surface area contributed by atoms with Crippen LogP contribution in [0, 0.1) is 4.77 Å². The molecule has 2 heterocycles. The minimum atomic E-state index is -4.50. The summed E-state index contributed by atoms with van der Waals surface area (Å²) in [5, 5.41) is 23.9. The number of hydrogen-bond acceptors (Lipinski definition) is 10. The summed E-state index contributed by atoms with van der Waals surface area (Å²) in [4.78, 5) is 26.1. The number of alkyl halides is 1. The van der Waals surface area contributed by atoms with E-state index in [0.29, 0.717) is 0 Å². The summed E-state index contributed by atoms with van der Waals surface area (Å²) in [5.41, 5.74) is -2.80. The van der Waals surface area contributed by atoms with Crippen LogP contribution < -0.4 is 15.2 Å². The number of hydrogen-bond donors (Lipinski definition) is 4. The van der Waals surface area contributed by atoms with E-state index in [1.54, 1.807) is 32.0 Å². The highest BCUT2D eigenvalue weighted by molar-refractivity contribution is 7.71. The van der Waals surface area contributed by atoms with Crippen molar-refractivity contribution < 1.29 is 42.5 Å². The van der Waals surface area contributed by atoms with Crippen LogP contribution in [0.25, 0.3) is 0 Å². The van der Waals surface area contributed by atoms with Crippen LogP contribution >= 0.6 is 20.0 Å². The summed E-state index contributed by atoms with van der Waals surface area (Å²) in [6.07, 6.45) is -3.11. The van der Waals surface area contributed by atoms with E-state index in [0.717, 1.165) is 23.8 Å². The summed E-state index contributed by atoms with van der Waals surface area (Å²) < 4.78 is 51.5. The maximum absolute atomic E-state index is 15.9. The van der Waals surface area contributed by atoms with E-state index in [2.05, 4.69) is 10.1 Å². The lowest BCUT2D eigenvalue weighted by Crippen LogP contribution is -2.49. The number of aromatic nitrogens is 2. The fourth-order valence-electron chi connectivity index (χ4n) is 3.51. The molecule has 0 radical (unpaired) electrons. The third-order valence-electron chi connectivity index (χ3n) is 5.33. The molecule has 204 valence electrons. The predicted molar refractivity (Wildman–Crippen MR) is 131 cm³/mol. The van der Waals surface area contributed by atoms with Crippen molar-refractivity contribution in [3.63, 3.8) is 0 Å². The number of rotatable bonds is 10. The van der Waals surface area contributed by atoms with E-state index in [9.17, 15) is 24.4 Å². The minimum Gasteiger partial charge on any atom is -0.462 e. The number of H-pyrrole nitrogens is 1. The zero-order valence-corrected chi connectivity index (χ0v) is 22.2. The Bertz CT molecular complexity index is 1270. The number of benzene rings is 1. The molecule has 1 aliphatic rings. The number of aromatic amines is 1. The van der Waals surface area contributed by atoms with Gasteiger partial charge in [0.1, 0.15) is 30.1 Å². The lowest BCUT2D eigenvalue weighted by Gasteiger charge is -2.29. The second-order valence-corrected chi connectivity index (χ2v) is 11.0. The van der Waals surface area contributed by atoms with Crippen molar-refractivity contribution in [2.75, 3.05) is 6.61 Å².